The van der Waals surface area contributed by atoms with Crippen LogP contribution in [-0.4, -0.2) is 89.2 Å². The van der Waals surface area contributed by atoms with Crippen molar-refractivity contribution in [3.05, 3.63) is 48.6 Å². The summed E-state index contributed by atoms with van der Waals surface area (Å²) in [6.45, 7) is 5.85. The zero-order valence-corrected chi connectivity index (χ0v) is 43.6. The van der Waals surface area contributed by atoms with Crippen LogP contribution < -0.4 is 0 Å². The Morgan fingerprint density at radius 1 is 0.478 bits per heavy atom. The molecular weight excluding hydrogens is 877 g/mol. The van der Waals surface area contributed by atoms with Crippen molar-refractivity contribution in [1.82, 2.24) is 0 Å². The van der Waals surface area contributed by atoms with E-state index < -0.39 is 67.3 Å². The molecule has 0 saturated carbocycles. The maximum Gasteiger partial charge on any atom is 0.335 e. The van der Waals surface area contributed by atoms with Crippen molar-refractivity contribution in [2.75, 3.05) is 13.2 Å². The van der Waals surface area contributed by atoms with Gasteiger partial charge in [-0.25, -0.2) is 4.79 Å². The van der Waals surface area contributed by atoms with E-state index in [-0.39, 0.29) is 25.9 Å². The minimum Gasteiger partial charge on any atom is -0.479 e. The molecule has 1 rings (SSSR count). The monoisotopic (exact) mass is 975 g/mol. The van der Waals surface area contributed by atoms with Gasteiger partial charge in [0.2, 0.25) is 0 Å². The van der Waals surface area contributed by atoms with Gasteiger partial charge in [-0.15, -0.1) is 0 Å². The van der Waals surface area contributed by atoms with Crippen LogP contribution in [0, 0.1) is 0 Å². The predicted octanol–water partition coefficient (Wildman–Crippen LogP) is 13.4. The number of carbonyl (C=O) groups excluding carboxylic acids is 3. The highest BCUT2D eigenvalue weighted by Crippen LogP contribution is 2.26. The first-order chi connectivity index (χ1) is 33.6. The van der Waals surface area contributed by atoms with Gasteiger partial charge in [0, 0.05) is 19.3 Å². The number of aliphatic hydroxyl groups is 2. The maximum absolute atomic E-state index is 13.1. The number of allylic oxidation sites excluding steroid dienone is 8. The summed E-state index contributed by atoms with van der Waals surface area (Å²) >= 11 is 0. The lowest BCUT2D eigenvalue weighted by Gasteiger charge is -2.40. The Morgan fingerprint density at radius 3 is 1.36 bits per heavy atom. The molecule has 0 aromatic carbocycles. The fourth-order valence-corrected chi connectivity index (χ4v) is 8.01. The Morgan fingerprint density at radius 2 is 0.884 bits per heavy atom. The van der Waals surface area contributed by atoms with Gasteiger partial charge < -0.3 is 39.0 Å². The van der Waals surface area contributed by atoms with Gasteiger partial charge >= 0.3 is 23.9 Å². The number of unbranched alkanes of at least 4 members (excludes halogenated alkanes) is 24. The zero-order valence-electron chi connectivity index (χ0n) is 43.6. The number of aliphatic hydroxyl groups excluding tert-OH is 2. The van der Waals surface area contributed by atoms with Gasteiger partial charge in [0.1, 0.15) is 18.8 Å². The third kappa shape index (κ3) is 36.3. The quantitative estimate of drug-likeness (QED) is 0.0228. The molecule has 1 fully saturated rings. The average molecular weight is 975 g/mol. The summed E-state index contributed by atoms with van der Waals surface area (Å²) in [4.78, 5) is 50.9. The molecule has 69 heavy (non-hydrogen) atoms. The summed E-state index contributed by atoms with van der Waals surface area (Å²) in [6.07, 6.45) is 41.0. The van der Waals surface area contributed by atoms with Gasteiger partial charge in [0.05, 0.1) is 6.61 Å². The topological polar surface area (TPSA) is 175 Å². The van der Waals surface area contributed by atoms with Crippen LogP contribution >= 0.6 is 0 Å². The lowest BCUT2D eigenvalue weighted by atomic mass is 9.98. The van der Waals surface area contributed by atoms with E-state index in [1.807, 2.05) is 0 Å². The minimum absolute atomic E-state index is 0.0488. The van der Waals surface area contributed by atoms with Crippen molar-refractivity contribution in [3.63, 3.8) is 0 Å². The Bertz CT molecular complexity index is 1390. The van der Waals surface area contributed by atoms with E-state index in [0.717, 1.165) is 116 Å². The molecule has 0 spiro atoms. The van der Waals surface area contributed by atoms with Crippen molar-refractivity contribution < 1.29 is 58.2 Å². The van der Waals surface area contributed by atoms with Gasteiger partial charge in [-0.05, 0) is 89.9 Å². The van der Waals surface area contributed by atoms with E-state index in [9.17, 15) is 34.5 Å². The molecule has 0 aromatic heterocycles. The van der Waals surface area contributed by atoms with E-state index in [4.69, 9.17) is 23.7 Å². The van der Waals surface area contributed by atoms with Crippen LogP contribution in [0.15, 0.2) is 48.6 Å². The van der Waals surface area contributed by atoms with Crippen LogP contribution in [0.4, 0.5) is 0 Å². The molecule has 12 nitrogen and oxygen atoms in total. The fraction of sp³-hybridized carbons (Fsp3) is 0.789. The number of hydrogen-bond donors (Lipinski definition) is 3. The van der Waals surface area contributed by atoms with E-state index in [1.54, 1.807) is 0 Å². The smallest absolute Gasteiger partial charge is 0.335 e. The highest BCUT2D eigenvalue weighted by molar-refractivity contribution is 5.74. The molecule has 1 aliphatic rings. The molecule has 1 heterocycles. The number of carboxylic acid groups (broad SMARTS) is 1. The predicted molar refractivity (Wildman–Crippen MR) is 276 cm³/mol. The van der Waals surface area contributed by atoms with Crippen LogP contribution in [0.5, 0.6) is 0 Å². The first kappa shape index (κ1) is 63.7. The van der Waals surface area contributed by atoms with Crippen molar-refractivity contribution in [2.24, 2.45) is 0 Å². The van der Waals surface area contributed by atoms with Gasteiger partial charge in [0.25, 0.3) is 0 Å². The number of carbonyl (C=O) groups is 4. The number of rotatable bonds is 46. The molecule has 6 unspecified atom stereocenters. The van der Waals surface area contributed by atoms with Gasteiger partial charge in [0.15, 0.2) is 24.6 Å². The molecule has 0 aliphatic carbocycles. The second kappa shape index (κ2) is 45.8. The van der Waals surface area contributed by atoms with Crippen molar-refractivity contribution in [1.29, 1.82) is 0 Å². The molecule has 0 bridgehead atoms. The number of carboxylic acids is 1. The largest absolute Gasteiger partial charge is 0.479 e. The van der Waals surface area contributed by atoms with E-state index >= 15 is 0 Å². The van der Waals surface area contributed by atoms with Crippen LogP contribution in [0.2, 0.25) is 0 Å². The Kier molecular flexibility index (Phi) is 42.3. The van der Waals surface area contributed by atoms with Crippen LogP contribution in [0.3, 0.4) is 0 Å². The second-order valence-electron chi connectivity index (χ2n) is 18.9. The summed E-state index contributed by atoms with van der Waals surface area (Å²) in [5.41, 5.74) is 0. The summed E-state index contributed by atoms with van der Waals surface area (Å²) in [6, 6.07) is 0. The molecule has 1 saturated heterocycles. The summed E-state index contributed by atoms with van der Waals surface area (Å²) in [5.74, 6) is -3.15. The molecule has 0 radical (unpaired) electrons. The molecule has 12 heteroatoms. The summed E-state index contributed by atoms with van der Waals surface area (Å²) in [7, 11) is 0. The molecule has 0 aromatic rings. The van der Waals surface area contributed by atoms with Crippen molar-refractivity contribution >= 4 is 23.9 Å². The standard InChI is InChI=1S/C57H98O12/c1-4-7-10-13-16-19-22-23-24-25-26-27-30-31-34-37-40-43-49(58)65-46-48(67-50(59)44-41-38-35-32-28-20-17-14-11-8-5-2)47-66-57-55(53(62)52(61)54(69-57)56(63)64)68-51(60)45-42-39-36-33-29-21-18-15-12-9-6-3/h14-19,23-24,48,52-55,57,61-62H,4-13,20-22,25-47H2,1-3H3,(H,63,64)/b17-14-,18-15-,19-16-,24-23-. The van der Waals surface area contributed by atoms with Gasteiger partial charge in [-0.3, -0.25) is 14.4 Å². The zero-order chi connectivity index (χ0) is 50.4. The van der Waals surface area contributed by atoms with Gasteiger partial charge in [-0.1, -0.05) is 179 Å². The normalized spacial score (nSPS) is 19.0. The lowest BCUT2D eigenvalue weighted by molar-refractivity contribution is -0.301. The number of esters is 3. The average Bonchev–Trinajstić information content (AvgIpc) is 3.33. The van der Waals surface area contributed by atoms with Crippen molar-refractivity contribution in [2.45, 2.75) is 276 Å². The fourth-order valence-electron chi connectivity index (χ4n) is 8.01. The Balaban J connectivity index is 2.70. The second-order valence-corrected chi connectivity index (χ2v) is 18.9. The highest BCUT2D eigenvalue weighted by atomic mass is 16.7. The third-order valence-electron chi connectivity index (χ3n) is 12.3. The Hall–Kier alpha value is -3.32. The lowest BCUT2D eigenvalue weighted by Crippen LogP contribution is -2.61. The van der Waals surface area contributed by atoms with Crippen LogP contribution in [0.1, 0.15) is 239 Å². The van der Waals surface area contributed by atoms with Crippen LogP contribution in [-0.2, 0) is 42.9 Å². The van der Waals surface area contributed by atoms with E-state index in [2.05, 4.69) is 69.4 Å². The number of ether oxygens (including phenoxy) is 5. The first-order valence-electron chi connectivity index (χ1n) is 27.6. The van der Waals surface area contributed by atoms with E-state index in [1.165, 1.54) is 64.2 Å². The number of aliphatic carboxylic acids is 1. The molecule has 1 aliphatic heterocycles. The summed E-state index contributed by atoms with van der Waals surface area (Å²) in [5, 5.41) is 31.3. The van der Waals surface area contributed by atoms with Gasteiger partial charge in [-0.2, -0.15) is 0 Å². The first-order valence-corrected chi connectivity index (χ1v) is 27.6. The molecular formula is C57H98O12. The Labute approximate surface area is 418 Å². The molecule has 398 valence electrons. The minimum atomic E-state index is -1.90. The van der Waals surface area contributed by atoms with Crippen LogP contribution in [0.25, 0.3) is 0 Å². The number of hydrogen-bond acceptors (Lipinski definition) is 11. The summed E-state index contributed by atoms with van der Waals surface area (Å²) < 4.78 is 28.3. The molecule has 6 atom stereocenters. The van der Waals surface area contributed by atoms with Crippen molar-refractivity contribution in [3.8, 4) is 0 Å². The maximum atomic E-state index is 13.1. The SMILES string of the molecule is CCCC/C=C\CCCCCCCC(=O)OC(COC(=O)CCCCCCCCC/C=C\C/C=C\CCCCC)COC1OC(C(=O)O)C(O)C(O)C1OC(=O)CCCCCCC/C=C\CCCC. The molecule has 3 N–H and O–H groups in total. The third-order valence-corrected chi connectivity index (χ3v) is 12.3. The highest BCUT2D eigenvalue weighted by Gasteiger charge is 2.50. The van der Waals surface area contributed by atoms with E-state index in [0.29, 0.717) is 19.3 Å². The molecule has 0 amide bonds.